The topological polar surface area (TPSA) is 102 Å². The molecule has 5 rings (SSSR count). The molecule has 2 N–H and O–H groups in total. The molecule has 10 heteroatoms. The summed E-state index contributed by atoms with van der Waals surface area (Å²) in [5, 5.41) is 18.9. The van der Waals surface area contributed by atoms with Gasteiger partial charge in [0, 0.05) is 60.7 Å². The number of aromatic nitrogens is 3. The summed E-state index contributed by atoms with van der Waals surface area (Å²) in [7, 11) is 0. The highest BCUT2D eigenvalue weighted by molar-refractivity contribution is 6.30. The Bertz CT molecular complexity index is 1300. The average molecular weight is 526 g/mol. The zero-order chi connectivity index (χ0) is 26.3. The number of amides is 1. The number of rotatable bonds is 4. The highest BCUT2D eigenvalue weighted by Crippen LogP contribution is 2.43. The first kappa shape index (κ1) is 25.4. The molecule has 1 amide bonds. The first-order valence-electron chi connectivity index (χ1n) is 12.4. The number of likely N-dealkylation sites (tertiary alicyclic amines) is 1. The maximum atomic E-state index is 14.0. The molecule has 1 aromatic carbocycles. The van der Waals surface area contributed by atoms with E-state index in [-0.39, 0.29) is 29.2 Å². The van der Waals surface area contributed by atoms with Gasteiger partial charge in [0.1, 0.15) is 11.6 Å². The SMILES string of the molecule is C[C@H]1CN(C(=O)[C@@H]2CN(c3ccc(=O)[nH]n3)C[C@H]2c2ccc(F)cn2)C[C@H](C)C1(O)c1ccc(Cl)cc1. The molecule has 3 aromatic rings. The van der Waals surface area contributed by atoms with Crippen molar-refractivity contribution in [3.8, 4) is 0 Å². The van der Waals surface area contributed by atoms with Crippen molar-refractivity contribution in [1.82, 2.24) is 20.1 Å². The normalized spacial score (nSPS) is 25.3. The van der Waals surface area contributed by atoms with E-state index in [9.17, 15) is 19.1 Å². The largest absolute Gasteiger partial charge is 0.384 e. The predicted octanol–water partition coefficient (Wildman–Crippen LogP) is 3.18. The molecule has 4 atom stereocenters. The summed E-state index contributed by atoms with van der Waals surface area (Å²) in [4.78, 5) is 33.5. The van der Waals surface area contributed by atoms with E-state index < -0.39 is 17.3 Å². The van der Waals surface area contributed by atoms with Crippen LogP contribution >= 0.6 is 11.6 Å². The lowest BCUT2D eigenvalue weighted by Crippen LogP contribution is -2.57. The number of carbonyl (C=O) groups is 1. The molecule has 4 heterocycles. The van der Waals surface area contributed by atoms with Crippen LogP contribution in [0.15, 0.2) is 59.5 Å². The summed E-state index contributed by atoms with van der Waals surface area (Å²) in [6.45, 7) is 5.51. The van der Waals surface area contributed by atoms with Crippen molar-refractivity contribution < 1.29 is 14.3 Å². The lowest BCUT2D eigenvalue weighted by molar-refractivity contribution is -0.152. The van der Waals surface area contributed by atoms with Gasteiger partial charge in [-0.05, 0) is 35.9 Å². The number of anilines is 1. The molecule has 2 aromatic heterocycles. The highest BCUT2D eigenvalue weighted by atomic mass is 35.5. The van der Waals surface area contributed by atoms with Gasteiger partial charge >= 0.3 is 0 Å². The van der Waals surface area contributed by atoms with E-state index in [1.807, 2.05) is 35.8 Å². The maximum absolute atomic E-state index is 14.0. The van der Waals surface area contributed by atoms with E-state index in [1.165, 1.54) is 12.1 Å². The summed E-state index contributed by atoms with van der Waals surface area (Å²) in [5.74, 6) is -1.11. The van der Waals surface area contributed by atoms with E-state index >= 15 is 0 Å². The Morgan fingerprint density at radius 1 is 1.05 bits per heavy atom. The van der Waals surface area contributed by atoms with Crippen LogP contribution in [0.2, 0.25) is 5.02 Å². The lowest BCUT2D eigenvalue weighted by Gasteiger charge is -2.48. The number of hydrogen-bond acceptors (Lipinski definition) is 6. The monoisotopic (exact) mass is 525 g/mol. The Labute approximate surface area is 219 Å². The second kappa shape index (κ2) is 9.87. The van der Waals surface area contributed by atoms with Gasteiger partial charge in [0.25, 0.3) is 5.56 Å². The lowest BCUT2D eigenvalue weighted by atomic mass is 9.70. The second-order valence-electron chi connectivity index (χ2n) is 10.2. The van der Waals surface area contributed by atoms with Crippen LogP contribution in [0.25, 0.3) is 0 Å². The van der Waals surface area contributed by atoms with Crippen molar-refractivity contribution in [2.75, 3.05) is 31.1 Å². The predicted molar refractivity (Wildman–Crippen MR) is 138 cm³/mol. The van der Waals surface area contributed by atoms with Gasteiger partial charge in [0.15, 0.2) is 0 Å². The third-order valence-electron chi connectivity index (χ3n) is 7.87. The van der Waals surface area contributed by atoms with Gasteiger partial charge in [-0.1, -0.05) is 37.6 Å². The Hall–Kier alpha value is -3.30. The van der Waals surface area contributed by atoms with Crippen molar-refractivity contribution in [1.29, 1.82) is 0 Å². The molecule has 0 unspecified atom stereocenters. The minimum atomic E-state index is -1.10. The molecule has 8 nitrogen and oxygen atoms in total. The van der Waals surface area contributed by atoms with Crippen LogP contribution in [0.3, 0.4) is 0 Å². The third kappa shape index (κ3) is 4.73. The molecule has 0 aliphatic carbocycles. The van der Waals surface area contributed by atoms with E-state index in [4.69, 9.17) is 11.6 Å². The fourth-order valence-corrected chi connectivity index (χ4v) is 5.99. The van der Waals surface area contributed by atoms with Crippen molar-refractivity contribution in [3.05, 3.63) is 87.2 Å². The zero-order valence-corrected chi connectivity index (χ0v) is 21.4. The molecule has 2 fully saturated rings. The number of nitrogens with zero attached hydrogens (tertiary/aromatic N) is 4. The fraction of sp³-hybridized carbons (Fsp3) is 0.407. The van der Waals surface area contributed by atoms with Crippen LogP contribution in [-0.4, -0.2) is 57.3 Å². The number of nitrogens with one attached hydrogen (secondary N) is 1. The molecule has 2 aliphatic rings. The Kier molecular flexibility index (Phi) is 6.76. The number of halogens is 2. The smallest absolute Gasteiger partial charge is 0.264 e. The summed E-state index contributed by atoms with van der Waals surface area (Å²) in [6, 6.07) is 13.2. The molecular formula is C27H29ClFN5O3. The first-order valence-corrected chi connectivity index (χ1v) is 12.7. The van der Waals surface area contributed by atoms with Crippen molar-refractivity contribution >= 4 is 23.3 Å². The summed E-state index contributed by atoms with van der Waals surface area (Å²) in [5.41, 5.74) is 0.00805. The molecule has 194 valence electrons. The van der Waals surface area contributed by atoms with Crippen LogP contribution in [0.1, 0.15) is 31.0 Å². The van der Waals surface area contributed by atoms with Crippen LogP contribution < -0.4 is 10.5 Å². The van der Waals surface area contributed by atoms with E-state index in [0.29, 0.717) is 42.7 Å². The average Bonchev–Trinajstić information content (AvgIpc) is 3.33. The number of carbonyl (C=O) groups excluding carboxylic acids is 1. The standard InChI is InChI=1S/C27H29ClFN5O3/c1-16-12-34(13-17(2)27(16,37)18-3-5-19(28)6-4-18)26(36)22-15-33(24-9-10-25(35)32-31-24)14-21(22)23-8-7-20(29)11-30-23/h3-11,16-17,21-22,37H,12-15H2,1-2H3,(H,32,35)/t16-,17-,21+,22+/m0/s1. The number of pyridine rings is 1. The Morgan fingerprint density at radius 2 is 1.76 bits per heavy atom. The van der Waals surface area contributed by atoms with Crippen molar-refractivity contribution in [2.45, 2.75) is 25.4 Å². The summed E-state index contributed by atoms with van der Waals surface area (Å²) < 4.78 is 13.6. The molecule has 2 saturated heterocycles. The molecular weight excluding hydrogens is 497 g/mol. The van der Waals surface area contributed by atoms with Crippen molar-refractivity contribution in [2.24, 2.45) is 17.8 Å². The molecule has 0 bridgehead atoms. The van der Waals surface area contributed by atoms with Gasteiger partial charge in [-0.25, -0.2) is 9.49 Å². The highest BCUT2D eigenvalue weighted by Gasteiger charge is 2.49. The number of aromatic amines is 1. The fourth-order valence-electron chi connectivity index (χ4n) is 5.86. The second-order valence-corrected chi connectivity index (χ2v) is 10.6. The zero-order valence-electron chi connectivity index (χ0n) is 20.6. The van der Waals surface area contributed by atoms with E-state index in [0.717, 1.165) is 11.8 Å². The Balaban J connectivity index is 1.41. The molecule has 0 spiro atoms. The summed E-state index contributed by atoms with van der Waals surface area (Å²) >= 11 is 6.06. The van der Waals surface area contributed by atoms with Gasteiger partial charge in [0.05, 0.1) is 17.7 Å². The quantitative estimate of drug-likeness (QED) is 0.542. The number of H-pyrrole nitrogens is 1. The minimum Gasteiger partial charge on any atom is -0.384 e. The van der Waals surface area contributed by atoms with Gasteiger partial charge in [-0.15, -0.1) is 0 Å². The number of aliphatic hydroxyl groups is 1. The van der Waals surface area contributed by atoms with Crippen molar-refractivity contribution in [3.63, 3.8) is 0 Å². The summed E-state index contributed by atoms with van der Waals surface area (Å²) in [6.07, 6.45) is 1.16. The van der Waals surface area contributed by atoms with Gasteiger partial charge in [-0.3, -0.25) is 14.6 Å². The molecule has 0 radical (unpaired) electrons. The Morgan fingerprint density at radius 3 is 2.35 bits per heavy atom. The molecule has 2 aliphatic heterocycles. The maximum Gasteiger partial charge on any atom is 0.264 e. The van der Waals surface area contributed by atoms with Gasteiger partial charge < -0.3 is 14.9 Å². The number of hydrogen-bond donors (Lipinski definition) is 2. The van der Waals surface area contributed by atoms with Crippen LogP contribution in [-0.2, 0) is 10.4 Å². The van der Waals surface area contributed by atoms with Gasteiger partial charge in [0.2, 0.25) is 5.91 Å². The van der Waals surface area contributed by atoms with Crippen LogP contribution in [0, 0.1) is 23.6 Å². The van der Waals surface area contributed by atoms with E-state index in [2.05, 4.69) is 15.2 Å². The first-order chi connectivity index (χ1) is 17.7. The third-order valence-corrected chi connectivity index (χ3v) is 8.12. The van der Waals surface area contributed by atoms with Crippen LogP contribution in [0.4, 0.5) is 10.2 Å². The number of benzene rings is 1. The van der Waals surface area contributed by atoms with Gasteiger partial charge in [-0.2, -0.15) is 5.10 Å². The van der Waals surface area contributed by atoms with Crippen LogP contribution in [0.5, 0.6) is 0 Å². The number of piperidine rings is 1. The minimum absolute atomic E-state index is 0.0418. The molecule has 37 heavy (non-hydrogen) atoms. The molecule has 0 saturated carbocycles. The van der Waals surface area contributed by atoms with E-state index in [1.54, 1.807) is 24.3 Å².